The number of carbonyl (C=O) groups is 1. The normalized spacial score (nSPS) is 24.9. The number of para-hydroxylation sites is 1. The summed E-state index contributed by atoms with van der Waals surface area (Å²) in [4.78, 5) is 27.8. The molecule has 216 valence electrons. The predicted molar refractivity (Wildman–Crippen MR) is 134 cm³/mol. The number of carbonyl (C=O) groups excluding carboxylic acids is 1. The molecule has 0 amide bonds. The van der Waals surface area contributed by atoms with E-state index in [-0.39, 0.29) is 16.1 Å². The van der Waals surface area contributed by atoms with Crippen molar-refractivity contribution < 1.29 is 46.0 Å². The van der Waals surface area contributed by atoms with Crippen LogP contribution >= 0.6 is 6.64 Å². The minimum atomic E-state index is -4.41. The Morgan fingerprint density at radius 2 is 1.92 bits per heavy atom. The minimum Gasteiger partial charge on any atom is -0.462 e. The second kappa shape index (κ2) is 11.9. The van der Waals surface area contributed by atoms with Crippen LogP contribution < -0.4 is 21.0 Å². The Morgan fingerprint density at radius 3 is 2.49 bits per heavy atom. The highest BCUT2D eigenvalue weighted by Crippen LogP contribution is 2.53. The third kappa shape index (κ3) is 6.76. The van der Waals surface area contributed by atoms with E-state index in [0.29, 0.717) is 0 Å². The molecule has 1 aromatic heterocycles. The molecule has 1 unspecified atom stereocenters. The molecule has 3 rings (SSSR count). The van der Waals surface area contributed by atoms with E-state index in [4.69, 9.17) is 36.1 Å². The highest BCUT2D eigenvalue weighted by molar-refractivity contribution is 8.09. The van der Waals surface area contributed by atoms with Gasteiger partial charge < -0.3 is 29.4 Å². The first-order valence-corrected chi connectivity index (χ1v) is 14.1. The number of nitrogens with two attached hydrogens (primary N) is 1. The van der Waals surface area contributed by atoms with E-state index in [1.165, 1.54) is 19.1 Å². The van der Waals surface area contributed by atoms with Gasteiger partial charge in [0.2, 0.25) is 6.23 Å². The van der Waals surface area contributed by atoms with Gasteiger partial charge in [-0.25, -0.2) is 18.7 Å². The summed E-state index contributed by atoms with van der Waals surface area (Å²) in [7, 11) is 0. The third-order valence-corrected chi connectivity index (χ3v) is 7.93. The molecular weight excluding hydrogens is 571 g/mol. The Bertz CT molecular complexity index is 1270. The third-order valence-electron chi connectivity index (χ3n) is 5.45. The van der Waals surface area contributed by atoms with Crippen molar-refractivity contribution in [3.63, 3.8) is 0 Å². The summed E-state index contributed by atoms with van der Waals surface area (Å²) in [5.74, 6) is -5.38. The topological polar surface area (TPSA) is 147 Å². The van der Waals surface area contributed by atoms with Gasteiger partial charge in [-0.3, -0.25) is 9.36 Å². The van der Waals surface area contributed by atoms with Crippen molar-refractivity contribution in [2.24, 2.45) is 0 Å². The largest absolute Gasteiger partial charge is 0.462 e. The van der Waals surface area contributed by atoms with Gasteiger partial charge in [0, 0.05) is 6.20 Å². The van der Waals surface area contributed by atoms with Crippen LogP contribution in [0.5, 0.6) is 5.75 Å². The lowest BCUT2D eigenvalue weighted by Crippen LogP contribution is -2.54. The van der Waals surface area contributed by atoms with Gasteiger partial charge in [-0.05, 0) is 50.8 Å². The van der Waals surface area contributed by atoms with E-state index in [1.807, 2.05) is 0 Å². The van der Waals surface area contributed by atoms with Crippen LogP contribution in [0.2, 0.25) is 0 Å². The molecule has 39 heavy (non-hydrogen) atoms. The fourth-order valence-electron chi connectivity index (χ4n) is 3.53. The van der Waals surface area contributed by atoms with Gasteiger partial charge in [-0.2, -0.15) is 13.8 Å². The van der Waals surface area contributed by atoms with Crippen molar-refractivity contribution in [3.8, 4) is 5.75 Å². The van der Waals surface area contributed by atoms with Crippen molar-refractivity contribution in [1.29, 1.82) is 0 Å². The van der Waals surface area contributed by atoms with Gasteiger partial charge in [0.15, 0.2) is 11.7 Å². The zero-order valence-electron chi connectivity index (χ0n) is 20.9. The van der Waals surface area contributed by atoms with Crippen LogP contribution in [0.15, 0.2) is 47.4 Å². The molecule has 1 saturated heterocycles. The molecule has 2 aromatic rings. The Balaban J connectivity index is 1.94. The van der Waals surface area contributed by atoms with Crippen molar-refractivity contribution in [2.75, 3.05) is 12.3 Å². The first-order chi connectivity index (χ1) is 18.1. The van der Waals surface area contributed by atoms with Gasteiger partial charge in [0.05, 0.1) is 12.7 Å². The number of alkyl halides is 4. The molecule has 0 aliphatic carbocycles. The second-order valence-electron chi connectivity index (χ2n) is 8.86. The number of hydrogen-bond donors (Lipinski definition) is 3. The second-order valence-corrected chi connectivity index (χ2v) is 12.0. The number of nitrogens with one attached hydrogen (secondary N) is 1. The number of aliphatic hydroxyl groups excluding tert-OH is 1. The van der Waals surface area contributed by atoms with Gasteiger partial charge in [0.25, 0.3) is 6.43 Å². The molecule has 1 fully saturated rings. The van der Waals surface area contributed by atoms with Crippen LogP contribution in [0, 0.1) is 0 Å². The van der Waals surface area contributed by atoms with E-state index in [9.17, 15) is 23.5 Å². The molecule has 11 nitrogen and oxygen atoms in total. The highest BCUT2D eigenvalue weighted by Gasteiger charge is 2.71. The maximum absolute atomic E-state index is 15.1. The van der Waals surface area contributed by atoms with E-state index < -0.39 is 67.3 Å². The molecule has 1 aliphatic rings. The number of hydrogen-bond acceptors (Lipinski definition) is 10. The number of halogens is 4. The SMILES string of the molecule is CC(C)OC(=O)[C@H](C)NP(=S)(OC[C@@]1(C(F)F)O[C@@H](n2ccc(N)nc2=O)C(F)(F)[C@@H]1O)Oc1ccccc1. The molecule has 17 heteroatoms. The van der Waals surface area contributed by atoms with Gasteiger partial charge >= 0.3 is 24.2 Å². The number of nitrogens with zero attached hydrogens (tertiary/aromatic N) is 2. The van der Waals surface area contributed by atoms with Crippen LogP contribution in [0.3, 0.4) is 0 Å². The fraction of sp³-hybridized carbons (Fsp3) is 0.500. The molecule has 1 aliphatic heterocycles. The Hall–Kier alpha value is -2.62. The van der Waals surface area contributed by atoms with Crippen molar-refractivity contribution in [3.05, 3.63) is 53.1 Å². The molecular formula is C22H27F4N4O7PS. The molecule has 0 bridgehead atoms. The molecule has 4 N–H and O–H groups in total. The lowest BCUT2D eigenvalue weighted by Gasteiger charge is -2.34. The summed E-state index contributed by atoms with van der Waals surface area (Å²) in [5.41, 5.74) is 0.668. The van der Waals surface area contributed by atoms with Gasteiger partial charge in [-0.1, -0.05) is 18.2 Å². The standard InChI is InChI=1S/C22H27F4N4O7PS/c1-12(2)35-16(31)13(3)29-38(39,37-14-7-5-4-6-8-14)34-11-21(18(23)24)17(32)22(25,26)19(36-21)30-10-9-15(27)28-20(30)33/h4-10,12-13,17-19,32H,11H2,1-3H3,(H,29,39)(H2,27,28,33)/t13-,17+,19+,21+,38?/m0/s1. The number of esters is 1. The fourth-order valence-corrected chi connectivity index (χ4v) is 5.95. The van der Waals surface area contributed by atoms with Gasteiger partial charge in [-0.15, -0.1) is 0 Å². The predicted octanol–water partition coefficient (Wildman–Crippen LogP) is 2.60. The van der Waals surface area contributed by atoms with Crippen molar-refractivity contribution >= 4 is 30.2 Å². The lowest BCUT2D eigenvalue weighted by atomic mass is 9.96. The monoisotopic (exact) mass is 598 g/mol. The number of benzene rings is 1. The number of anilines is 1. The quantitative estimate of drug-likeness (QED) is 0.199. The number of rotatable bonds is 11. The molecule has 0 radical (unpaired) electrons. The number of ether oxygens (including phenoxy) is 2. The molecule has 1 aromatic carbocycles. The van der Waals surface area contributed by atoms with E-state index in [1.54, 1.807) is 32.0 Å². The lowest BCUT2D eigenvalue weighted by molar-refractivity contribution is -0.192. The summed E-state index contributed by atoms with van der Waals surface area (Å²) in [5, 5.41) is 13.0. The number of nitrogen functional groups attached to an aromatic ring is 1. The smallest absolute Gasteiger partial charge is 0.351 e. The van der Waals surface area contributed by atoms with Crippen LogP contribution in [-0.4, -0.2) is 63.4 Å². The van der Waals surface area contributed by atoms with Crippen molar-refractivity contribution in [2.45, 2.75) is 63.2 Å². The van der Waals surface area contributed by atoms with Crippen molar-refractivity contribution in [1.82, 2.24) is 14.6 Å². The minimum absolute atomic E-state index is 0.111. The zero-order chi connectivity index (χ0) is 29.2. The maximum Gasteiger partial charge on any atom is 0.351 e. The highest BCUT2D eigenvalue weighted by atomic mass is 32.5. The number of aromatic nitrogens is 2. The van der Waals surface area contributed by atoms with Crippen LogP contribution in [0.4, 0.5) is 23.4 Å². The summed E-state index contributed by atoms with van der Waals surface area (Å²) in [6, 6.07) is 7.50. The molecule has 0 spiro atoms. The van der Waals surface area contributed by atoms with E-state index >= 15 is 8.78 Å². The van der Waals surface area contributed by atoms with Crippen LogP contribution in [0.25, 0.3) is 0 Å². The maximum atomic E-state index is 15.1. The summed E-state index contributed by atoms with van der Waals surface area (Å²) in [6.45, 7) is -0.866. The van der Waals surface area contributed by atoms with E-state index in [0.717, 1.165) is 12.3 Å². The summed E-state index contributed by atoms with van der Waals surface area (Å²) in [6.07, 6.45) is -9.34. The number of aliphatic hydroxyl groups is 1. The molecule has 0 saturated carbocycles. The molecule has 5 atom stereocenters. The van der Waals surface area contributed by atoms with Crippen LogP contribution in [-0.2, 0) is 30.6 Å². The first-order valence-electron chi connectivity index (χ1n) is 11.5. The molecule has 2 heterocycles. The van der Waals surface area contributed by atoms with Crippen LogP contribution in [0.1, 0.15) is 27.0 Å². The summed E-state index contributed by atoms with van der Waals surface area (Å²) < 4.78 is 80.5. The zero-order valence-corrected chi connectivity index (χ0v) is 22.6. The average Bonchev–Trinajstić information content (AvgIpc) is 3.04. The Labute approximate surface area is 225 Å². The Kier molecular flexibility index (Phi) is 9.40. The average molecular weight is 599 g/mol. The Morgan fingerprint density at radius 1 is 1.28 bits per heavy atom. The first kappa shape index (κ1) is 30.9. The van der Waals surface area contributed by atoms with E-state index in [2.05, 4.69) is 10.1 Å². The summed E-state index contributed by atoms with van der Waals surface area (Å²) >= 11 is 5.42. The van der Waals surface area contributed by atoms with Gasteiger partial charge in [0.1, 0.15) is 17.6 Å².